The fraction of sp³-hybridized carbons (Fsp3) is 0.263. The Morgan fingerprint density at radius 1 is 1.04 bits per heavy atom. The zero-order valence-electron chi connectivity index (χ0n) is 13.6. The number of hydrogen-bond acceptors (Lipinski definition) is 3. The number of carboxylic acid groups (broad SMARTS) is 1. The third kappa shape index (κ3) is 5.43. The first-order chi connectivity index (χ1) is 11.6. The van der Waals surface area contributed by atoms with Crippen LogP contribution in [0.1, 0.15) is 17.5 Å². The van der Waals surface area contributed by atoms with Gasteiger partial charge in [-0.1, -0.05) is 48.5 Å². The maximum absolute atomic E-state index is 12.0. The summed E-state index contributed by atoms with van der Waals surface area (Å²) in [5.74, 6) is -0.504. The van der Waals surface area contributed by atoms with Gasteiger partial charge < -0.3 is 14.7 Å². The molecule has 0 aliphatic carbocycles. The van der Waals surface area contributed by atoms with E-state index in [4.69, 9.17) is 9.84 Å². The van der Waals surface area contributed by atoms with Gasteiger partial charge in [0.15, 0.2) is 6.61 Å². The van der Waals surface area contributed by atoms with Crippen LogP contribution in [0.2, 0.25) is 0 Å². The third-order valence-electron chi connectivity index (χ3n) is 3.65. The molecule has 0 atom stereocenters. The van der Waals surface area contributed by atoms with Crippen molar-refractivity contribution in [2.24, 2.45) is 0 Å². The van der Waals surface area contributed by atoms with Crippen molar-refractivity contribution in [3.8, 4) is 5.75 Å². The Kier molecular flexibility index (Phi) is 6.37. The van der Waals surface area contributed by atoms with Crippen LogP contribution in [-0.4, -0.2) is 42.1 Å². The van der Waals surface area contributed by atoms with Crippen LogP contribution in [0, 0.1) is 0 Å². The van der Waals surface area contributed by atoms with Gasteiger partial charge in [-0.25, -0.2) is 0 Å². The number of aliphatic carboxylic acids is 1. The van der Waals surface area contributed by atoms with E-state index in [1.165, 1.54) is 10.5 Å². The van der Waals surface area contributed by atoms with E-state index in [0.29, 0.717) is 5.75 Å². The highest BCUT2D eigenvalue weighted by molar-refractivity contribution is 5.78. The van der Waals surface area contributed by atoms with Gasteiger partial charge in [0.1, 0.15) is 5.75 Å². The first kappa shape index (κ1) is 17.5. The van der Waals surface area contributed by atoms with E-state index in [-0.39, 0.29) is 25.5 Å². The second kappa shape index (κ2) is 8.72. The third-order valence-corrected chi connectivity index (χ3v) is 3.65. The standard InChI is InChI=1S/C19H21NO4/c1-20(12-11-19(22)23)18(21)14-24-17-10-6-5-9-16(17)13-15-7-3-2-4-8-15/h2-10H,11-14H2,1H3,(H,22,23). The van der Waals surface area contributed by atoms with Crippen molar-refractivity contribution in [3.05, 3.63) is 65.7 Å². The monoisotopic (exact) mass is 327 g/mol. The number of rotatable bonds is 8. The molecule has 0 bridgehead atoms. The Balaban J connectivity index is 1.95. The van der Waals surface area contributed by atoms with Crippen molar-refractivity contribution < 1.29 is 19.4 Å². The zero-order valence-corrected chi connectivity index (χ0v) is 13.6. The minimum absolute atomic E-state index is 0.0766. The Labute approximate surface area is 141 Å². The fourth-order valence-electron chi connectivity index (χ4n) is 2.24. The number of ether oxygens (including phenoxy) is 1. The molecule has 24 heavy (non-hydrogen) atoms. The highest BCUT2D eigenvalue weighted by atomic mass is 16.5. The quantitative estimate of drug-likeness (QED) is 0.809. The molecule has 1 N–H and O–H groups in total. The first-order valence-electron chi connectivity index (χ1n) is 7.76. The van der Waals surface area contributed by atoms with E-state index in [1.54, 1.807) is 7.05 Å². The van der Waals surface area contributed by atoms with E-state index >= 15 is 0 Å². The van der Waals surface area contributed by atoms with Crippen LogP contribution >= 0.6 is 0 Å². The van der Waals surface area contributed by atoms with Gasteiger partial charge in [0.05, 0.1) is 6.42 Å². The molecule has 0 aliphatic heterocycles. The summed E-state index contributed by atoms with van der Waals surface area (Å²) in [7, 11) is 1.57. The topological polar surface area (TPSA) is 66.8 Å². The van der Waals surface area contributed by atoms with Crippen molar-refractivity contribution in [1.29, 1.82) is 0 Å². The van der Waals surface area contributed by atoms with Gasteiger partial charge in [0.25, 0.3) is 5.91 Å². The maximum Gasteiger partial charge on any atom is 0.305 e. The summed E-state index contributed by atoms with van der Waals surface area (Å²) in [5.41, 5.74) is 2.17. The number of carbonyl (C=O) groups is 2. The normalized spacial score (nSPS) is 10.2. The Hall–Kier alpha value is -2.82. The summed E-state index contributed by atoms with van der Waals surface area (Å²) < 4.78 is 5.66. The molecule has 0 saturated carbocycles. The molecule has 0 aromatic heterocycles. The lowest BCUT2D eigenvalue weighted by atomic mass is 10.0. The smallest absolute Gasteiger partial charge is 0.305 e. The van der Waals surface area contributed by atoms with Crippen molar-refractivity contribution in [2.75, 3.05) is 20.2 Å². The lowest BCUT2D eigenvalue weighted by Crippen LogP contribution is -2.33. The number of carboxylic acids is 1. The van der Waals surface area contributed by atoms with Crippen molar-refractivity contribution in [3.63, 3.8) is 0 Å². The highest BCUT2D eigenvalue weighted by Gasteiger charge is 2.12. The first-order valence-corrected chi connectivity index (χ1v) is 7.76. The molecule has 2 rings (SSSR count). The average Bonchev–Trinajstić information content (AvgIpc) is 2.59. The van der Waals surface area contributed by atoms with Gasteiger partial charge in [-0.3, -0.25) is 9.59 Å². The molecule has 0 saturated heterocycles. The Bertz CT molecular complexity index is 685. The predicted octanol–water partition coefficient (Wildman–Crippen LogP) is 2.59. The maximum atomic E-state index is 12.0. The molecular formula is C19H21NO4. The van der Waals surface area contributed by atoms with Crippen LogP contribution in [0.3, 0.4) is 0 Å². The molecule has 0 fully saturated rings. The molecule has 2 aromatic carbocycles. The molecule has 0 heterocycles. The molecule has 5 heteroatoms. The second-order valence-electron chi connectivity index (χ2n) is 5.52. The number of amides is 1. The number of para-hydroxylation sites is 1. The van der Waals surface area contributed by atoms with E-state index < -0.39 is 5.97 Å². The minimum Gasteiger partial charge on any atom is -0.483 e. The van der Waals surface area contributed by atoms with Crippen LogP contribution < -0.4 is 4.74 Å². The molecule has 0 unspecified atom stereocenters. The van der Waals surface area contributed by atoms with Crippen molar-refractivity contribution >= 4 is 11.9 Å². The van der Waals surface area contributed by atoms with E-state index in [0.717, 1.165) is 12.0 Å². The number of nitrogens with zero attached hydrogens (tertiary/aromatic N) is 1. The molecule has 5 nitrogen and oxygen atoms in total. The summed E-state index contributed by atoms with van der Waals surface area (Å²) in [5, 5.41) is 8.66. The summed E-state index contributed by atoms with van der Waals surface area (Å²) in [6, 6.07) is 17.6. The van der Waals surface area contributed by atoms with Gasteiger partial charge in [0, 0.05) is 20.0 Å². The molecule has 0 radical (unpaired) electrons. The molecular weight excluding hydrogens is 306 g/mol. The van der Waals surface area contributed by atoms with Crippen LogP contribution in [0.25, 0.3) is 0 Å². The molecule has 0 spiro atoms. The van der Waals surface area contributed by atoms with Crippen LogP contribution in [0.5, 0.6) is 5.75 Å². The lowest BCUT2D eigenvalue weighted by Gasteiger charge is -2.17. The van der Waals surface area contributed by atoms with Crippen LogP contribution in [0.4, 0.5) is 0 Å². The number of hydrogen-bond donors (Lipinski definition) is 1. The fourth-order valence-corrected chi connectivity index (χ4v) is 2.24. The zero-order chi connectivity index (χ0) is 17.4. The molecule has 1 amide bonds. The van der Waals surface area contributed by atoms with Gasteiger partial charge in [0.2, 0.25) is 0 Å². The number of carbonyl (C=O) groups excluding carboxylic acids is 1. The molecule has 126 valence electrons. The summed E-state index contributed by atoms with van der Waals surface area (Å²) in [4.78, 5) is 23.9. The SMILES string of the molecule is CN(CCC(=O)O)C(=O)COc1ccccc1Cc1ccccc1. The predicted molar refractivity (Wildman–Crippen MR) is 91.1 cm³/mol. The lowest BCUT2D eigenvalue weighted by molar-refractivity contribution is -0.138. The molecule has 0 aliphatic rings. The van der Waals surface area contributed by atoms with Gasteiger partial charge in [-0.05, 0) is 17.2 Å². The minimum atomic E-state index is -0.927. The van der Waals surface area contributed by atoms with E-state index in [2.05, 4.69) is 0 Å². The van der Waals surface area contributed by atoms with Crippen molar-refractivity contribution in [2.45, 2.75) is 12.8 Å². The van der Waals surface area contributed by atoms with Gasteiger partial charge in [-0.15, -0.1) is 0 Å². The Morgan fingerprint density at radius 3 is 2.42 bits per heavy atom. The highest BCUT2D eigenvalue weighted by Crippen LogP contribution is 2.21. The number of benzene rings is 2. The molecule has 2 aromatic rings. The second-order valence-corrected chi connectivity index (χ2v) is 5.52. The van der Waals surface area contributed by atoms with Crippen molar-refractivity contribution in [1.82, 2.24) is 4.90 Å². The van der Waals surface area contributed by atoms with Crippen LogP contribution in [0.15, 0.2) is 54.6 Å². The van der Waals surface area contributed by atoms with Crippen LogP contribution in [-0.2, 0) is 16.0 Å². The summed E-state index contributed by atoms with van der Waals surface area (Å²) in [6.07, 6.45) is 0.646. The largest absolute Gasteiger partial charge is 0.483 e. The van der Waals surface area contributed by atoms with E-state index in [9.17, 15) is 9.59 Å². The van der Waals surface area contributed by atoms with E-state index in [1.807, 2.05) is 54.6 Å². The summed E-state index contributed by atoms with van der Waals surface area (Å²) in [6.45, 7) is 0.0606. The Morgan fingerprint density at radius 2 is 1.71 bits per heavy atom. The number of likely N-dealkylation sites (N-methyl/N-ethyl adjacent to an activating group) is 1. The average molecular weight is 327 g/mol. The van der Waals surface area contributed by atoms with Gasteiger partial charge >= 0.3 is 5.97 Å². The van der Waals surface area contributed by atoms with Gasteiger partial charge in [-0.2, -0.15) is 0 Å². The summed E-state index contributed by atoms with van der Waals surface area (Å²) >= 11 is 0.